The molecule has 0 saturated heterocycles. The van der Waals surface area contributed by atoms with Crippen LogP contribution in [0.1, 0.15) is 21.8 Å². The number of carbonyl (C=O) groups excluding carboxylic acids is 1. The molecule has 0 bridgehead atoms. The number of pyridine rings is 1. The number of benzene rings is 1. The van der Waals surface area contributed by atoms with E-state index in [0.29, 0.717) is 5.56 Å². The molecule has 1 atom stereocenters. The lowest BCUT2D eigenvalue weighted by Crippen LogP contribution is -2.11. The van der Waals surface area contributed by atoms with Crippen molar-refractivity contribution in [3.63, 3.8) is 0 Å². The van der Waals surface area contributed by atoms with Crippen molar-refractivity contribution < 1.29 is 9.18 Å². The second kappa shape index (κ2) is 5.59. The summed E-state index contributed by atoms with van der Waals surface area (Å²) in [5, 5.41) is 9.06. The largest absolute Gasteiger partial charge is 0.292 e. The van der Waals surface area contributed by atoms with E-state index >= 15 is 0 Å². The number of nitrogens with zero attached hydrogens (tertiary/aromatic N) is 2. The van der Waals surface area contributed by atoms with Crippen LogP contribution in [0, 0.1) is 17.1 Å². The van der Waals surface area contributed by atoms with E-state index in [4.69, 9.17) is 16.9 Å². The first-order valence-electron chi connectivity index (χ1n) is 5.42. The van der Waals surface area contributed by atoms with Crippen LogP contribution < -0.4 is 0 Å². The van der Waals surface area contributed by atoms with Gasteiger partial charge in [0, 0.05) is 18.0 Å². The molecule has 0 radical (unpaired) electrons. The average Bonchev–Trinajstić information content (AvgIpc) is 2.44. The number of hydrogen-bond donors (Lipinski definition) is 0. The fourth-order valence-electron chi connectivity index (χ4n) is 1.66. The quantitative estimate of drug-likeness (QED) is 0.807. The van der Waals surface area contributed by atoms with Crippen LogP contribution in [0.4, 0.5) is 4.39 Å². The van der Waals surface area contributed by atoms with E-state index in [1.54, 1.807) is 12.1 Å². The molecule has 2 rings (SSSR count). The summed E-state index contributed by atoms with van der Waals surface area (Å²) >= 11 is 5.56. The Balaban J connectivity index is 2.37. The Bertz CT molecular complexity index is 652. The number of hydrogen-bond acceptors (Lipinski definition) is 3. The first-order chi connectivity index (χ1) is 9.13. The number of Topliss-reactive ketones (excluding diaryl/α,β-unsaturated/α-hetero) is 1. The normalized spacial score (nSPS) is 11.6. The number of rotatable bonds is 3. The average molecular weight is 275 g/mol. The van der Waals surface area contributed by atoms with Crippen molar-refractivity contribution in [3.8, 4) is 6.07 Å². The Morgan fingerprint density at radius 3 is 2.58 bits per heavy atom. The van der Waals surface area contributed by atoms with Crippen molar-refractivity contribution >= 4 is 17.4 Å². The molecule has 0 spiro atoms. The van der Waals surface area contributed by atoms with Gasteiger partial charge in [-0.05, 0) is 35.9 Å². The highest BCUT2D eigenvalue weighted by Gasteiger charge is 2.22. The smallest absolute Gasteiger partial charge is 0.184 e. The van der Waals surface area contributed by atoms with E-state index in [0.717, 1.165) is 6.07 Å². The molecule has 3 nitrogen and oxygen atoms in total. The SMILES string of the molecule is N#CC(C(=O)c1ccc(Cl)c(F)c1)c1ccncc1. The topological polar surface area (TPSA) is 53.8 Å². The molecule has 0 N–H and O–H groups in total. The summed E-state index contributed by atoms with van der Waals surface area (Å²) in [6, 6.07) is 8.82. The van der Waals surface area contributed by atoms with Crippen LogP contribution in [-0.2, 0) is 0 Å². The second-order valence-electron chi connectivity index (χ2n) is 3.84. The molecule has 94 valence electrons. The van der Waals surface area contributed by atoms with E-state index in [2.05, 4.69) is 4.98 Å². The predicted octanol–water partition coefficient (Wildman–Crippen LogP) is 3.36. The van der Waals surface area contributed by atoms with E-state index in [-0.39, 0.29) is 10.6 Å². The monoisotopic (exact) mass is 274 g/mol. The molecule has 19 heavy (non-hydrogen) atoms. The van der Waals surface area contributed by atoms with Gasteiger partial charge in [0.25, 0.3) is 0 Å². The minimum Gasteiger partial charge on any atom is -0.292 e. The highest BCUT2D eigenvalue weighted by Crippen LogP contribution is 2.22. The first kappa shape index (κ1) is 13.2. The van der Waals surface area contributed by atoms with Gasteiger partial charge in [0.1, 0.15) is 11.7 Å². The van der Waals surface area contributed by atoms with Gasteiger partial charge in [0.2, 0.25) is 0 Å². The zero-order chi connectivity index (χ0) is 13.8. The number of halogens is 2. The van der Waals surface area contributed by atoms with Crippen molar-refractivity contribution in [2.45, 2.75) is 5.92 Å². The minimum absolute atomic E-state index is 0.0611. The molecule has 0 fully saturated rings. The summed E-state index contributed by atoms with van der Waals surface area (Å²) in [7, 11) is 0. The Morgan fingerprint density at radius 2 is 2.00 bits per heavy atom. The van der Waals surface area contributed by atoms with Gasteiger partial charge in [-0.3, -0.25) is 9.78 Å². The summed E-state index contributed by atoms with van der Waals surface area (Å²) in [5.41, 5.74) is 0.642. The van der Waals surface area contributed by atoms with Crippen molar-refractivity contribution in [1.82, 2.24) is 4.98 Å². The summed E-state index contributed by atoms with van der Waals surface area (Å²) in [6.45, 7) is 0. The lowest BCUT2D eigenvalue weighted by molar-refractivity contribution is 0.0978. The van der Waals surface area contributed by atoms with Crippen molar-refractivity contribution in [1.29, 1.82) is 5.26 Å². The maximum Gasteiger partial charge on any atom is 0.184 e. The molecule has 1 heterocycles. The molecule has 1 aromatic carbocycles. The van der Waals surface area contributed by atoms with Gasteiger partial charge in [0.15, 0.2) is 5.78 Å². The number of carbonyl (C=O) groups is 1. The van der Waals surface area contributed by atoms with Gasteiger partial charge in [-0.2, -0.15) is 5.26 Å². The number of ketones is 1. The van der Waals surface area contributed by atoms with Crippen molar-refractivity contribution in [3.05, 3.63) is 64.7 Å². The van der Waals surface area contributed by atoms with E-state index in [9.17, 15) is 9.18 Å². The highest BCUT2D eigenvalue weighted by molar-refractivity contribution is 6.30. The summed E-state index contributed by atoms with van der Waals surface area (Å²) < 4.78 is 13.3. The number of nitriles is 1. The highest BCUT2D eigenvalue weighted by atomic mass is 35.5. The van der Waals surface area contributed by atoms with Crippen LogP contribution in [0.15, 0.2) is 42.7 Å². The van der Waals surface area contributed by atoms with Gasteiger partial charge in [-0.25, -0.2) is 4.39 Å². The molecular formula is C14H8ClFN2O. The van der Waals surface area contributed by atoms with Crippen molar-refractivity contribution in [2.24, 2.45) is 0 Å². The van der Waals surface area contributed by atoms with Crippen molar-refractivity contribution in [2.75, 3.05) is 0 Å². The van der Waals surface area contributed by atoms with Gasteiger partial charge in [-0.15, -0.1) is 0 Å². The van der Waals surface area contributed by atoms with Crippen LogP contribution in [0.2, 0.25) is 5.02 Å². The maximum atomic E-state index is 13.3. The van der Waals surface area contributed by atoms with E-state index < -0.39 is 17.5 Å². The van der Waals surface area contributed by atoms with E-state index in [1.165, 1.54) is 24.5 Å². The molecule has 0 aliphatic heterocycles. The lowest BCUT2D eigenvalue weighted by Gasteiger charge is -2.08. The predicted molar refractivity (Wildman–Crippen MR) is 68.3 cm³/mol. The Labute approximate surface area is 114 Å². The zero-order valence-electron chi connectivity index (χ0n) is 9.68. The molecule has 1 unspecified atom stereocenters. The third-order valence-electron chi connectivity index (χ3n) is 2.63. The fraction of sp³-hybridized carbons (Fsp3) is 0.0714. The second-order valence-corrected chi connectivity index (χ2v) is 4.24. The molecule has 5 heteroatoms. The minimum atomic E-state index is -0.983. The first-order valence-corrected chi connectivity index (χ1v) is 5.80. The van der Waals surface area contributed by atoms with Gasteiger partial charge >= 0.3 is 0 Å². The number of aromatic nitrogens is 1. The molecule has 0 aliphatic rings. The molecule has 0 saturated carbocycles. The molecular weight excluding hydrogens is 267 g/mol. The summed E-state index contributed by atoms with van der Waals surface area (Å²) in [5.74, 6) is -2.13. The van der Waals surface area contributed by atoms with Gasteiger partial charge in [0.05, 0.1) is 11.1 Å². The molecule has 2 aromatic rings. The maximum absolute atomic E-state index is 13.3. The Morgan fingerprint density at radius 1 is 1.32 bits per heavy atom. The third-order valence-corrected chi connectivity index (χ3v) is 2.94. The summed E-state index contributed by atoms with van der Waals surface area (Å²) in [4.78, 5) is 16.0. The Kier molecular flexibility index (Phi) is 3.88. The molecule has 0 aliphatic carbocycles. The fourth-order valence-corrected chi connectivity index (χ4v) is 1.77. The molecule has 0 amide bonds. The van der Waals surface area contributed by atoms with Crippen LogP contribution in [0.25, 0.3) is 0 Å². The molecule has 1 aromatic heterocycles. The van der Waals surface area contributed by atoms with Crippen LogP contribution in [0.5, 0.6) is 0 Å². The van der Waals surface area contributed by atoms with E-state index in [1.807, 2.05) is 6.07 Å². The Hall–Kier alpha value is -2.25. The third kappa shape index (κ3) is 2.78. The summed E-state index contributed by atoms with van der Waals surface area (Å²) in [6.07, 6.45) is 2.99. The lowest BCUT2D eigenvalue weighted by atomic mass is 9.92. The van der Waals surface area contributed by atoms with Crippen LogP contribution in [0.3, 0.4) is 0 Å². The van der Waals surface area contributed by atoms with Crippen LogP contribution in [-0.4, -0.2) is 10.8 Å². The zero-order valence-corrected chi connectivity index (χ0v) is 10.4. The van der Waals surface area contributed by atoms with Gasteiger partial charge < -0.3 is 0 Å². The van der Waals surface area contributed by atoms with Gasteiger partial charge in [-0.1, -0.05) is 11.6 Å². The van der Waals surface area contributed by atoms with Crippen LogP contribution >= 0.6 is 11.6 Å². The standard InChI is InChI=1S/C14H8ClFN2O/c15-12-2-1-10(7-13(12)16)14(19)11(8-17)9-3-5-18-6-4-9/h1-7,11H.